The van der Waals surface area contributed by atoms with E-state index in [2.05, 4.69) is 5.32 Å². The lowest BCUT2D eigenvalue weighted by Gasteiger charge is -2.05. The Hall–Kier alpha value is -1.91. The molecule has 0 aliphatic carbocycles. The Kier molecular flexibility index (Phi) is 2.59. The van der Waals surface area contributed by atoms with E-state index in [-0.39, 0.29) is 11.5 Å². The van der Waals surface area contributed by atoms with Crippen LogP contribution in [0, 0.1) is 0 Å². The van der Waals surface area contributed by atoms with Gasteiger partial charge in [-0.3, -0.25) is 5.32 Å². The van der Waals surface area contributed by atoms with Crippen molar-refractivity contribution in [2.24, 2.45) is 0 Å². The summed E-state index contributed by atoms with van der Waals surface area (Å²) in [6.45, 7) is 0. The first-order chi connectivity index (χ1) is 6.13. The van der Waals surface area contributed by atoms with Gasteiger partial charge < -0.3 is 14.9 Å². The van der Waals surface area contributed by atoms with Gasteiger partial charge in [0.15, 0.2) is 11.5 Å². The van der Waals surface area contributed by atoms with Crippen LogP contribution in [-0.2, 0) is 0 Å². The lowest BCUT2D eigenvalue weighted by molar-refractivity contribution is 0.209. The average molecular weight is 183 g/mol. The predicted octanol–water partition coefficient (Wildman–Crippen LogP) is 1.49. The zero-order valence-electron chi connectivity index (χ0n) is 6.94. The number of hydrogen-bond acceptors (Lipinski definition) is 3. The Bertz CT molecular complexity index is 324. The quantitative estimate of drug-likeness (QED) is 0.607. The predicted molar refractivity (Wildman–Crippen MR) is 46.3 cm³/mol. The summed E-state index contributed by atoms with van der Waals surface area (Å²) in [6, 6.07) is 4.18. The highest BCUT2D eigenvalue weighted by Crippen LogP contribution is 2.28. The van der Waals surface area contributed by atoms with Crippen molar-refractivity contribution in [2.75, 3.05) is 12.4 Å². The SMILES string of the molecule is COc1cc(NC(=O)O)ccc1O. The molecule has 0 aliphatic heterocycles. The summed E-state index contributed by atoms with van der Waals surface area (Å²) >= 11 is 0. The minimum atomic E-state index is -1.16. The molecular formula is C8H9NO4. The van der Waals surface area contributed by atoms with Crippen molar-refractivity contribution >= 4 is 11.8 Å². The topological polar surface area (TPSA) is 78.8 Å². The molecule has 0 aliphatic rings. The van der Waals surface area contributed by atoms with Gasteiger partial charge in [-0.15, -0.1) is 0 Å². The van der Waals surface area contributed by atoms with Crippen molar-refractivity contribution in [3.63, 3.8) is 0 Å². The molecule has 0 aromatic heterocycles. The fourth-order valence-corrected chi connectivity index (χ4v) is 0.879. The number of rotatable bonds is 2. The van der Waals surface area contributed by atoms with Crippen molar-refractivity contribution in [1.82, 2.24) is 0 Å². The molecule has 3 N–H and O–H groups in total. The smallest absolute Gasteiger partial charge is 0.409 e. The van der Waals surface area contributed by atoms with Gasteiger partial charge in [-0.05, 0) is 12.1 Å². The highest BCUT2D eigenvalue weighted by atomic mass is 16.5. The van der Waals surface area contributed by atoms with Crippen molar-refractivity contribution in [2.45, 2.75) is 0 Å². The Morgan fingerprint density at radius 1 is 1.54 bits per heavy atom. The summed E-state index contributed by atoms with van der Waals surface area (Å²) < 4.78 is 4.78. The second-order valence-corrected chi connectivity index (χ2v) is 2.32. The summed E-state index contributed by atoms with van der Waals surface area (Å²) in [5.41, 5.74) is 0.349. The standard InChI is InChI=1S/C8H9NO4/c1-13-7-4-5(9-8(11)12)2-3-6(7)10/h2-4,9-10H,1H3,(H,11,12). The first-order valence-electron chi connectivity index (χ1n) is 3.50. The highest BCUT2D eigenvalue weighted by Gasteiger charge is 2.03. The fourth-order valence-electron chi connectivity index (χ4n) is 0.879. The Morgan fingerprint density at radius 2 is 2.23 bits per heavy atom. The van der Waals surface area contributed by atoms with E-state index in [4.69, 9.17) is 14.9 Å². The number of carboxylic acid groups (broad SMARTS) is 1. The van der Waals surface area contributed by atoms with E-state index in [1.54, 1.807) is 0 Å². The van der Waals surface area contributed by atoms with Gasteiger partial charge in [0.25, 0.3) is 0 Å². The third-order valence-corrected chi connectivity index (χ3v) is 1.43. The molecule has 0 fully saturated rings. The summed E-state index contributed by atoms with van der Waals surface area (Å²) in [5, 5.41) is 19.7. The number of amides is 1. The molecule has 1 aromatic carbocycles. The zero-order valence-corrected chi connectivity index (χ0v) is 6.94. The van der Waals surface area contributed by atoms with Gasteiger partial charge in [0.2, 0.25) is 0 Å². The number of nitrogens with one attached hydrogen (secondary N) is 1. The number of aromatic hydroxyl groups is 1. The number of phenols is 1. The molecule has 1 rings (SSSR count). The third-order valence-electron chi connectivity index (χ3n) is 1.43. The van der Waals surface area contributed by atoms with Crippen LogP contribution in [0.2, 0.25) is 0 Å². The second-order valence-electron chi connectivity index (χ2n) is 2.32. The van der Waals surface area contributed by atoms with Crippen LogP contribution in [0.4, 0.5) is 10.5 Å². The normalized spacial score (nSPS) is 9.31. The maximum Gasteiger partial charge on any atom is 0.409 e. The van der Waals surface area contributed by atoms with Crippen LogP contribution in [0.25, 0.3) is 0 Å². The Morgan fingerprint density at radius 3 is 2.77 bits per heavy atom. The molecule has 0 heterocycles. The third kappa shape index (κ3) is 2.26. The van der Waals surface area contributed by atoms with E-state index in [1.165, 1.54) is 25.3 Å². The molecule has 13 heavy (non-hydrogen) atoms. The number of ether oxygens (including phenoxy) is 1. The molecule has 0 atom stereocenters. The van der Waals surface area contributed by atoms with Crippen LogP contribution in [0.15, 0.2) is 18.2 Å². The first kappa shape index (κ1) is 9.18. The molecule has 0 saturated heterocycles. The minimum absolute atomic E-state index is 0.0292. The molecule has 1 aromatic rings. The van der Waals surface area contributed by atoms with E-state index < -0.39 is 6.09 Å². The van der Waals surface area contributed by atoms with E-state index in [0.717, 1.165) is 0 Å². The Balaban J connectivity index is 2.92. The average Bonchev–Trinajstić information content (AvgIpc) is 2.07. The summed E-state index contributed by atoms with van der Waals surface area (Å²) in [5.74, 6) is 0.199. The molecule has 0 bridgehead atoms. The van der Waals surface area contributed by atoms with Crippen LogP contribution >= 0.6 is 0 Å². The van der Waals surface area contributed by atoms with Gasteiger partial charge in [0, 0.05) is 11.8 Å². The van der Waals surface area contributed by atoms with E-state index in [9.17, 15) is 4.79 Å². The van der Waals surface area contributed by atoms with Crippen LogP contribution in [0.1, 0.15) is 0 Å². The second kappa shape index (κ2) is 3.66. The monoisotopic (exact) mass is 183 g/mol. The lowest BCUT2D eigenvalue weighted by Crippen LogP contribution is -2.06. The molecule has 0 radical (unpaired) electrons. The number of hydrogen-bond donors (Lipinski definition) is 3. The van der Waals surface area contributed by atoms with E-state index in [0.29, 0.717) is 5.69 Å². The first-order valence-corrected chi connectivity index (χ1v) is 3.50. The van der Waals surface area contributed by atoms with E-state index in [1.807, 2.05) is 0 Å². The number of carbonyl (C=O) groups is 1. The maximum atomic E-state index is 10.2. The van der Waals surface area contributed by atoms with Gasteiger partial charge in [-0.2, -0.15) is 0 Å². The molecule has 5 nitrogen and oxygen atoms in total. The van der Waals surface area contributed by atoms with Gasteiger partial charge in [-0.1, -0.05) is 0 Å². The van der Waals surface area contributed by atoms with Gasteiger partial charge in [0.05, 0.1) is 7.11 Å². The molecule has 70 valence electrons. The number of methoxy groups -OCH3 is 1. The van der Waals surface area contributed by atoms with Gasteiger partial charge in [0.1, 0.15) is 0 Å². The molecule has 0 unspecified atom stereocenters. The summed E-state index contributed by atoms with van der Waals surface area (Å²) in [4.78, 5) is 10.2. The molecule has 1 amide bonds. The number of phenolic OH excluding ortho intramolecular Hbond substituents is 1. The van der Waals surface area contributed by atoms with Crippen molar-refractivity contribution in [3.8, 4) is 11.5 Å². The molecule has 0 saturated carbocycles. The molecular weight excluding hydrogens is 174 g/mol. The van der Waals surface area contributed by atoms with Crippen molar-refractivity contribution in [1.29, 1.82) is 0 Å². The zero-order chi connectivity index (χ0) is 9.84. The molecule has 0 spiro atoms. The summed E-state index contributed by atoms with van der Waals surface area (Å²) in [6.07, 6.45) is -1.16. The molecule has 5 heteroatoms. The number of anilines is 1. The van der Waals surface area contributed by atoms with Crippen LogP contribution in [0.3, 0.4) is 0 Å². The van der Waals surface area contributed by atoms with Gasteiger partial charge in [-0.25, -0.2) is 4.79 Å². The van der Waals surface area contributed by atoms with Crippen LogP contribution in [-0.4, -0.2) is 23.4 Å². The van der Waals surface area contributed by atoms with Crippen LogP contribution in [0.5, 0.6) is 11.5 Å². The highest BCUT2D eigenvalue weighted by molar-refractivity contribution is 5.83. The van der Waals surface area contributed by atoms with Gasteiger partial charge >= 0.3 is 6.09 Å². The minimum Gasteiger partial charge on any atom is -0.504 e. The largest absolute Gasteiger partial charge is 0.504 e. The number of benzene rings is 1. The lowest BCUT2D eigenvalue weighted by atomic mass is 10.3. The van der Waals surface area contributed by atoms with Crippen molar-refractivity contribution in [3.05, 3.63) is 18.2 Å². The Labute approximate surface area is 74.6 Å². The fraction of sp³-hybridized carbons (Fsp3) is 0.125. The van der Waals surface area contributed by atoms with Crippen LogP contribution < -0.4 is 10.1 Å². The maximum absolute atomic E-state index is 10.2. The van der Waals surface area contributed by atoms with E-state index >= 15 is 0 Å². The summed E-state index contributed by atoms with van der Waals surface area (Å²) in [7, 11) is 1.39. The van der Waals surface area contributed by atoms with Crippen molar-refractivity contribution < 1.29 is 19.7 Å².